The molecular formula is C26H18N4Na2O8S2. The van der Waals surface area contributed by atoms with Crippen LogP contribution in [0.4, 0.5) is 11.4 Å². The third kappa shape index (κ3) is 8.87. The van der Waals surface area contributed by atoms with E-state index in [1.54, 1.807) is 24.3 Å². The van der Waals surface area contributed by atoms with Crippen LogP contribution in [0.25, 0.3) is 10.8 Å². The Morgan fingerprint density at radius 2 is 1.24 bits per heavy atom. The van der Waals surface area contributed by atoms with E-state index in [2.05, 4.69) is 21.1 Å². The topological polar surface area (TPSA) is 197 Å². The van der Waals surface area contributed by atoms with Gasteiger partial charge in [-0.2, -0.15) is 10.2 Å². The van der Waals surface area contributed by atoms with Crippen LogP contribution in [-0.2, 0) is 20.2 Å². The zero-order valence-electron chi connectivity index (χ0n) is 22.2. The van der Waals surface area contributed by atoms with Gasteiger partial charge in [-0.05, 0) is 48.5 Å². The molecular weight excluding hydrogens is 606 g/mol. The second-order valence-corrected chi connectivity index (χ2v) is 10.8. The zero-order valence-corrected chi connectivity index (χ0v) is 27.8. The minimum Gasteiger partial charge on any atom is -0.744 e. The Morgan fingerprint density at radius 1 is 0.595 bits per heavy atom. The van der Waals surface area contributed by atoms with Crippen LogP contribution in [0.3, 0.4) is 0 Å². The van der Waals surface area contributed by atoms with Crippen LogP contribution < -0.4 is 91.5 Å². The molecule has 0 aliphatic rings. The largest absolute Gasteiger partial charge is 1.00 e. The Balaban J connectivity index is 0.00000308. The van der Waals surface area contributed by atoms with E-state index in [-0.39, 0.29) is 81.2 Å². The fourth-order valence-electron chi connectivity index (χ4n) is 3.53. The average Bonchev–Trinajstić information content (AvgIpc) is 2.90. The Hall–Kier alpha value is -2.76. The molecule has 0 radical (unpaired) electrons. The molecule has 2 N–H and O–H groups in total. The predicted molar refractivity (Wildman–Crippen MR) is 144 cm³/mol. The number of nitrogens with zero attached hydrogens (tertiary/aromatic N) is 2. The first kappa shape index (κ1) is 35.4. The second-order valence-electron chi connectivity index (χ2n) is 8.07. The van der Waals surface area contributed by atoms with Crippen molar-refractivity contribution in [2.24, 2.45) is 10.2 Å². The van der Waals surface area contributed by atoms with Crippen LogP contribution in [0.15, 0.2) is 127 Å². The van der Waals surface area contributed by atoms with E-state index in [0.29, 0.717) is 5.39 Å². The first-order valence-corrected chi connectivity index (χ1v) is 14.1. The van der Waals surface area contributed by atoms with Gasteiger partial charge in [0.15, 0.2) is 5.36 Å². The van der Waals surface area contributed by atoms with Crippen LogP contribution in [-0.4, -0.2) is 25.9 Å². The van der Waals surface area contributed by atoms with Gasteiger partial charge in [-0.1, -0.05) is 48.5 Å². The van der Waals surface area contributed by atoms with Gasteiger partial charge >= 0.3 is 59.1 Å². The van der Waals surface area contributed by atoms with Gasteiger partial charge in [-0.15, -0.1) is 0 Å². The Bertz CT molecular complexity index is 2130. The van der Waals surface area contributed by atoms with Crippen molar-refractivity contribution in [3.05, 3.63) is 128 Å². The number of fused-ring (bicyclic) bond motifs is 1. The third-order valence-electron chi connectivity index (χ3n) is 5.41. The molecule has 0 saturated carbocycles. The van der Waals surface area contributed by atoms with Crippen molar-refractivity contribution < 1.29 is 85.1 Å². The second kappa shape index (κ2) is 15.1. The summed E-state index contributed by atoms with van der Waals surface area (Å²) in [7, 11) is -9.50. The molecule has 0 saturated heterocycles. The molecule has 12 nitrogen and oxygen atoms in total. The van der Waals surface area contributed by atoms with E-state index in [9.17, 15) is 35.5 Å². The average molecular weight is 625 g/mol. The number of anilines is 2. The molecule has 0 heterocycles. The van der Waals surface area contributed by atoms with Gasteiger partial charge in [-0.25, -0.2) is 16.8 Å². The fraction of sp³-hybridized carbons (Fsp3) is 0. The van der Waals surface area contributed by atoms with Gasteiger partial charge in [0.05, 0.1) is 21.2 Å². The molecule has 0 fully saturated rings. The van der Waals surface area contributed by atoms with Gasteiger partial charge in [0.1, 0.15) is 25.6 Å². The third-order valence-corrected chi connectivity index (χ3v) is 7.15. The van der Waals surface area contributed by atoms with Crippen LogP contribution >= 0.6 is 0 Å². The van der Waals surface area contributed by atoms with E-state index >= 15 is 0 Å². The summed E-state index contributed by atoms with van der Waals surface area (Å²) in [6.45, 7) is 0. The maximum Gasteiger partial charge on any atom is 1.00 e. The van der Waals surface area contributed by atoms with Crippen molar-refractivity contribution in [3.8, 4) is 0 Å². The molecule has 16 heteroatoms. The number of hydrogen-bond donors (Lipinski definition) is 2. The zero-order chi connectivity index (χ0) is 28.9. The van der Waals surface area contributed by atoms with E-state index in [1.165, 1.54) is 42.5 Å². The summed E-state index contributed by atoms with van der Waals surface area (Å²) in [6, 6.07) is 21.8. The van der Waals surface area contributed by atoms with Crippen molar-refractivity contribution in [3.63, 3.8) is 0 Å². The van der Waals surface area contributed by atoms with Crippen molar-refractivity contribution in [1.82, 2.24) is 0 Å². The van der Waals surface area contributed by atoms with Crippen molar-refractivity contribution in [2.75, 3.05) is 10.9 Å². The van der Waals surface area contributed by atoms with Crippen LogP contribution in [0.5, 0.6) is 0 Å². The summed E-state index contributed by atoms with van der Waals surface area (Å²) in [5.74, 6) is 0. The number of nitrogens with one attached hydrogen (secondary N) is 2. The molecule has 0 aliphatic heterocycles. The Kier molecular flexibility index (Phi) is 12.7. The summed E-state index contributed by atoms with van der Waals surface area (Å²) in [5.41, 5.74) is 4.04. The van der Waals surface area contributed by atoms with E-state index in [0.717, 1.165) is 30.3 Å². The monoisotopic (exact) mass is 624 g/mol. The molecule has 204 valence electrons. The summed E-state index contributed by atoms with van der Waals surface area (Å²) < 4.78 is 69.1. The van der Waals surface area contributed by atoms with Crippen LogP contribution in [0.1, 0.15) is 0 Å². The molecule has 4 aromatic carbocycles. The van der Waals surface area contributed by atoms with Gasteiger partial charge < -0.3 is 9.11 Å². The first-order chi connectivity index (χ1) is 18.9. The minimum atomic E-state index is -4.76. The molecule has 0 bridgehead atoms. The molecule has 42 heavy (non-hydrogen) atoms. The number of benzene rings is 3. The van der Waals surface area contributed by atoms with E-state index in [4.69, 9.17) is 0 Å². The van der Waals surface area contributed by atoms with Crippen LogP contribution in [0, 0.1) is 0 Å². The summed E-state index contributed by atoms with van der Waals surface area (Å²) >= 11 is 0. The van der Waals surface area contributed by atoms with Crippen molar-refractivity contribution >= 4 is 42.4 Å². The van der Waals surface area contributed by atoms with Crippen molar-refractivity contribution in [2.45, 2.75) is 9.79 Å². The number of hydrogen-bond acceptors (Lipinski definition) is 12. The maximum absolute atomic E-state index is 13.0. The smallest absolute Gasteiger partial charge is 0.744 e. The molecule has 0 amide bonds. The van der Waals surface area contributed by atoms with Gasteiger partial charge in [0.25, 0.3) is 0 Å². The van der Waals surface area contributed by atoms with Gasteiger partial charge in [0.2, 0.25) is 10.9 Å². The summed E-state index contributed by atoms with van der Waals surface area (Å²) in [4.78, 5) is 24.4. The standard InChI is InChI=1S/C26H20N4O8S2.2Na/c31-23-15-13-22(29-27-17-7-3-1-2-4-8-18(12-11-17)39(33,34)35)26(32)25(23)30-28-21-14-16-24(40(36,37)38)20-10-6-5-9-19(20)21;;/h1-16,27-28H,(H,33,34,35)(H,36,37,38);;/q;2*+1/p-2/b2-1?,3-1?,4-2?,7-3?,8-4?,12-11?,17-7?,17-11?,18-8?,18-12?,29-22+,30-25-;;. The summed E-state index contributed by atoms with van der Waals surface area (Å²) in [6.07, 6.45) is 0. The molecule has 4 aromatic rings. The van der Waals surface area contributed by atoms with E-state index < -0.39 is 46.2 Å². The quantitative estimate of drug-likeness (QED) is 0.119. The normalized spacial score (nSPS) is 12.0. The number of rotatable bonds is 6. The molecule has 0 atom stereocenters. The van der Waals surface area contributed by atoms with Crippen LogP contribution in [0.2, 0.25) is 0 Å². The SMILES string of the molecule is O=c1cc/c(=N\Nc2ccccccc(S(=O)(=O)[O-])cc2)c(=O)/c1=N\Nc1ccc(S(=O)(=O)[O-])c2ccccc12.[Na+].[Na+]. The molecule has 0 aliphatic carbocycles. The van der Waals surface area contributed by atoms with Gasteiger partial charge in [0, 0.05) is 10.8 Å². The first-order valence-electron chi connectivity index (χ1n) is 11.3. The predicted octanol–water partition coefficient (Wildman–Crippen LogP) is -4.77. The molecule has 4 rings (SSSR count). The maximum atomic E-state index is 13.0. The minimum absolute atomic E-state index is 0. The molecule has 0 spiro atoms. The molecule has 0 aromatic heterocycles. The van der Waals surface area contributed by atoms with Crippen molar-refractivity contribution in [1.29, 1.82) is 0 Å². The van der Waals surface area contributed by atoms with E-state index in [1.807, 2.05) is 0 Å². The fourth-order valence-corrected chi connectivity index (χ4v) is 4.69. The Labute approximate surface area is 284 Å². The Morgan fingerprint density at radius 3 is 1.90 bits per heavy atom. The van der Waals surface area contributed by atoms with Gasteiger partial charge in [-0.3, -0.25) is 20.4 Å². The summed E-state index contributed by atoms with van der Waals surface area (Å²) in [5, 5.41) is 7.62. The molecule has 0 unspecified atom stereocenters.